The zero-order chi connectivity index (χ0) is 9.47. The Bertz CT molecular complexity index is 445. The minimum atomic E-state index is -3.55. The minimum absolute atomic E-state index is 0. The molecule has 0 atom stereocenters. The summed E-state index contributed by atoms with van der Waals surface area (Å²) in [4.78, 5) is 0.190. The first-order valence-electron chi connectivity index (χ1n) is 3.93. The molecule has 76 valence electrons. The molecule has 0 bridgehead atoms. The van der Waals surface area contributed by atoms with Crippen molar-refractivity contribution in [3.63, 3.8) is 0 Å². The summed E-state index contributed by atoms with van der Waals surface area (Å²) in [5, 5.41) is 8.13. The predicted octanol–water partition coefficient (Wildman–Crippen LogP) is -1.25. The fourth-order valence-corrected chi connectivity index (χ4v) is 2.01. The lowest BCUT2D eigenvalue weighted by molar-refractivity contribution is 0.597. The van der Waals surface area contributed by atoms with Gasteiger partial charge in [0.15, 0.2) is 0 Å². The molecule has 14 heavy (non-hydrogen) atoms. The Kier molecular flexibility index (Phi) is 2.99. The van der Waals surface area contributed by atoms with Crippen LogP contribution in [0.5, 0.6) is 0 Å². The largest absolute Gasteiger partial charge is 0.309 e. The highest BCUT2D eigenvalue weighted by molar-refractivity contribution is 7.89. The molecule has 0 aromatic heterocycles. The molecular weight excluding hydrogens is 199 g/mol. The van der Waals surface area contributed by atoms with Crippen molar-refractivity contribution in [1.82, 2.24) is 5.32 Å². The van der Waals surface area contributed by atoms with Gasteiger partial charge < -0.3 is 5.32 Å². The molecule has 0 spiro atoms. The van der Waals surface area contributed by atoms with E-state index < -0.39 is 10.0 Å². The van der Waals surface area contributed by atoms with Crippen molar-refractivity contribution in [3.05, 3.63) is 29.3 Å². The third kappa shape index (κ3) is 1.97. The van der Waals surface area contributed by atoms with Crippen LogP contribution in [0, 0.1) is 0 Å². The van der Waals surface area contributed by atoms with E-state index in [-0.39, 0.29) is 13.3 Å². The quantitative estimate of drug-likeness (QED) is 0.571. The molecule has 0 unspecified atom stereocenters. The number of nitrogens with two attached hydrogens (primary N) is 1. The molecule has 1 aliphatic rings. The molecule has 1 aromatic carbocycles. The first kappa shape index (κ1) is 11.2. The number of hydrogen-bond acceptors (Lipinski definition) is 3. The molecule has 0 saturated carbocycles. The lowest BCUT2D eigenvalue weighted by Crippen LogP contribution is -2.12. The Balaban J connectivity index is 0.000000980. The second kappa shape index (κ2) is 3.72. The first-order chi connectivity index (χ1) is 6.07. The SMILES string of the molecule is B.NS(=O)(=O)c1ccc2c(c1)CNC2. The molecule has 6 heteroatoms. The molecular formula is C8H13BN2O2S. The van der Waals surface area contributed by atoms with Gasteiger partial charge in [0.2, 0.25) is 10.0 Å². The van der Waals surface area contributed by atoms with Crippen LogP contribution >= 0.6 is 0 Å². The van der Waals surface area contributed by atoms with E-state index in [0.29, 0.717) is 0 Å². The van der Waals surface area contributed by atoms with Crippen LogP contribution in [0.1, 0.15) is 11.1 Å². The third-order valence-electron chi connectivity index (χ3n) is 2.14. The van der Waals surface area contributed by atoms with E-state index in [4.69, 9.17) is 5.14 Å². The normalized spacial score (nSPS) is 14.6. The van der Waals surface area contributed by atoms with Crippen LogP contribution in [-0.2, 0) is 23.1 Å². The van der Waals surface area contributed by atoms with E-state index in [1.165, 1.54) is 0 Å². The zero-order valence-corrected chi connectivity index (χ0v) is 7.76. The van der Waals surface area contributed by atoms with E-state index in [1.807, 2.05) is 0 Å². The van der Waals surface area contributed by atoms with E-state index >= 15 is 0 Å². The fourth-order valence-electron chi connectivity index (χ4n) is 1.45. The van der Waals surface area contributed by atoms with E-state index in [2.05, 4.69) is 5.32 Å². The summed E-state index contributed by atoms with van der Waals surface area (Å²) in [7, 11) is -3.55. The maximum atomic E-state index is 11.0. The summed E-state index contributed by atoms with van der Waals surface area (Å²) in [6.45, 7) is 1.53. The number of fused-ring (bicyclic) bond motifs is 1. The molecule has 0 aliphatic carbocycles. The summed E-state index contributed by atoms with van der Waals surface area (Å²) < 4.78 is 22.0. The van der Waals surface area contributed by atoms with Crippen molar-refractivity contribution < 1.29 is 8.42 Å². The maximum Gasteiger partial charge on any atom is 0.238 e. The monoisotopic (exact) mass is 212 g/mol. The molecule has 1 aliphatic heterocycles. The van der Waals surface area contributed by atoms with Crippen LogP contribution in [0.25, 0.3) is 0 Å². The number of rotatable bonds is 1. The molecule has 3 N–H and O–H groups in total. The van der Waals surface area contributed by atoms with Crippen molar-refractivity contribution in [2.24, 2.45) is 5.14 Å². The second-order valence-corrected chi connectivity index (χ2v) is 4.64. The number of nitrogens with one attached hydrogen (secondary N) is 1. The van der Waals surface area contributed by atoms with Gasteiger partial charge in [-0.15, -0.1) is 0 Å². The minimum Gasteiger partial charge on any atom is -0.309 e. The highest BCUT2D eigenvalue weighted by Gasteiger charge is 2.14. The Morgan fingerprint density at radius 3 is 2.50 bits per heavy atom. The first-order valence-corrected chi connectivity index (χ1v) is 5.47. The van der Waals surface area contributed by atoms with Gasteiger partial charge in [0.05, 0.1) is 13.3 Å². The van der Waals surface area contributed by atoms with Crippen LogP contribution in [-0.4, -0.2) is 16.8 Å². The highest BCUT2D eigenvalue weighted by Crippen LogP contribution is 2.18. The average molecular weight is 212 g/mol. The van der Waals surface area contributed by atoms with Crippen LogP contribution in [0.15, 0.2) is 23.1 Å². The van der Waals surface area contributed by atoms with Crippen molar-refractivity contribution in [2.45, 2.75) is 18.0 Å². The molecule has 2 rings (SSSR count). The third-order valence-corrected chi connectivity index (χ3v) is 3.05. The van der Waals surface area contributed by atoms with Crippen molar-refractivity contribution in [2.75, 3.05) is 0 Å². The number of benzene rings is 1. The van der Waals surface area contributed by atoms with Crippen LogP contribution in [0.2, 0.25) is 0 Å². The van der Waals surface area contributed by atoms with Gasteiger partial charge in [-0.25, -0.2) is 13.6 Å². The zero-order valence-electron chi connectivity index (χ0n) is 6.95. The van der Waals surface area contributed by atoms with Gasteiger partial charge >= 0.3 is 0 Å². The van der Waals surface area contributed by atoms with Gasteiger partial charge in [-0.2, -0.15) is 0 Å². The lowest BCUT2D eigenvalue weighted by Gasteiger charge is -2.00. The Morgan fingerprint density at radius 1 is 1.21 bits per heavy atom. The Labute approximate surface area is 85.1 Å². The van der Waals surface area contributed by atoms with E-state index in [1.54, 1.807) is 18.2 Å². The predicted molar refractivity (Wildman–Crippen MR) is 58.3 cm³/mol. The summed E-state index contributed by atoms with van der Waals surface area (Å²) in [5.41, 5.74) is 2.17. The van der Waals surface area contributed by atoms with Gasteiger partial charge in [-0.3, -0.25) is 0 Å². The van der Waals surface area contributed by atoms with Crippen LogP contribution in [0.4, 0.5) is 0 Å². The number of hydrogen-bond donors (Lipinski definition) is 2. The summed E-state index contributed by atoms with van der Waals surface area (Å²) in [5.74, 6) is 0. The van der Waals surface area contributed by atoms with Crippen molar-refractivity contribution in [3.8, 4) is 0 Å². The summed E-state index contributed by atoms with van der Waals surface area (Å²) in [6, 6.07) is 4.97. The van der Waals surface area contributed by atoms with Crippen LogP contribution in [0.3, 0.4) is 0 Å². The number of sulfonamides is 1. The molecule has 0 fully saturated rings. The van der Waals surface area contributed by atoms with E-state index in [9.17, 15) is 8.42 Å². The van der Waals surface area contributed by atoms with Crippen molar-refractivity contribution in [1.29, 1.82) is 0 Å². The molecule has 1 heterocycles. The lowest BCUT2D eigenvalue weighted by atomic mass is 10.1. The fraction of sp³-hybridized carbons (Fsp3) is 0.250. The number of primary sulfonamides is 1. The van der Waals surface area contributed by atoms with Gasteiger partial charge in [0.25, 0.3) is 0 Å². The standard InChI is InChI=1S/C8H10N2O2S.BH3/c9-13(11,12)8-2-1-6-4-10-5-7(6)3-8;/h1-3,10H,4-5H2,(H2,9,11,12);1H3. The molecule has 1 aromatic rings. The Hall–Kier alpha value is -0.845. The van der Waals surface area contributed by atoms with Crippen LogP contribution < -0.4 is 10.5 Å². The maximum absolute atomic E-state index is 11.0. The highest BCUT2D eigenvalue weighted by atomic mass is 32.2. The molecule has 0 amide bonds. The molecule has 4 nitrogen and oxygen atoms in total. The molecule has 0 radical (unpaired) electrons. The van der Waals surface area contributed by atoms with Gasteiger partial charge in [0.1, 0.15) is 0 Å². The van der Waals surface area contributed by atoms with Gasteiger partial charge in [-0.05, 0) is 23.3 Å². The average Bonchev–Trinajstić information content (AvgIpc) is 2.47. The van der Waals surface area contributed by atoms with Gasteiger partial charge in [-0.1, -0.05) is 6.07 Å². The smallest absolute Gasteiger partial charge is 0.238 e. The summed E-state index contributed by atoms with van der Waals surface area (Å²) >= 11 is 0. The van der Waals surface area contributed by atoms with Gasteiger partial charge in [0, 0.05) is 13.1 Å². The summed E-state index contributed by atoms with van der Waals surface area (Å²) in [6.07, 6.45) is 0. The second-order valence-electron chi connectivity index (χ2n) is 3.08. The van der Waals surface area contributed by atoms with Crippen molar-refractivity contribution >= 4 is 18.4 Å². The Morgan fingerprint density at radius 2 is 1.86 bits per heavy atom. The molecule has 0 saturated heterocycles. The van der Waals surface area contributed by atoms with E-state index in [0.717, 1.165) is 24.2 Å². The topological polar surface area (TPSA) is 72.2 Å².